The summed E-state index contributed by atoms with van der Waals surface area (Å²) in [6.45, 7) is 6.58. The predicted molar refractivity (Wildman–Crippen MR) is 114 cm³/mol. The third-order valence-electron chi connectivity index (χ3n) is 4.64. The molecule has 1 saturated heterocycles. The minimum Gasteiger partial charge on any atom is -0.466 e. The fourth-order valence-electron chi connectivity index (χ4n) is 3.08. The van der Waals surface area contributed by atoms with Crippen molar-refractivity contribution >= 4 is 43.6 Å². The Hall–Kier alpha value is -2.53. The van der Waals surface area contributed by atoms with Gasteiger partial charge in [-0.1, -0.05) is 0 Å². The van der Waals surface area contributed by atoms with Crippen LogP contribution in [0.2, 0.25) is 0 Å². The second kappa shape index (κ2) is 11.4. The standard InChI is InChI=1S/C19H26N5O7P/c1-4-28-16(27)5-15-7-30-32(31-8-15)12-29-13(2)6-23-10-22-17-18(23)20-9-21-19(17)24(11-25)14(3)26/h9-11,13,15H,4-8,12H2,1-3H3/t13-,15?,32?/m1/s1. The summed E-state index contributed by atoms with van der Waals surface area (Å²) in [5.41, 5.74) is 0.828. The van der Waals surface area contributed by atoms with Crippen LogP contribution in [0, 0.1) is 5.92 Å². The van der Waals surface area contributed by atoms with Gasteiger partial charge in [0.1, 0.15) is 12.7 Å². The first kappa shape index (κ1) is 24.1. The molecular weight excluding hydrogens is 441 g/mol. The Morgan fingerprint density at radius 2 is 2.09 bits per heavy atom. The van der Waals surface area contributed by atoms with Crippen molar-refractivity contribution in [2.24, 2.45) is 5.92 Å². The first-order chi connectivity index (χ1) is 15.4. The number of hydrogen-bond acceptors (Lipinski definition) is 10. The molecule has 0 unspecified atom stereocenters. The summed E-state index contributed by atoms with van der Waals surface area (Å²) >= 11 is 0. The summed E-state index contributed by atoms with van der Waals surface area (Å²) in [7, 11) is -1.19. The largest absolute Gasteiger partial charge is 0.466 e. The summed E-state index contributed by atoms with van der Waals surface area (Å²) in [6, 6.07) is 0. The molecule has 0 N–H and O–H groups in total. The summed E-state index contributed by atoms with van der Waals surface area (Å²) in [5, 5.41) is 0. The molecule has 0 bridgehead atoms. The Morgan fingerprint density at radius 3 is 2.75 bits per heavy atom. The molecule has 2 aromatic heterocycles. The van der Waals surface area contributed by atoms with Gasteiger partial charge in [-0.3, -0.25) is 14.4 Å². The number of esters is 1. The van der Waals surface area contributed by atoms with Gasteiger partial charge in [-0.05, 0) is 13.8 Å². The number of ether oxygens (including phenoxy) is 2. The van der Waals surface area contributed by atoms with E-state index in [1.807, 2.05) is 6.92 Å². The molecule has 0 saturated carbocycles. The fraction of sp³-hybridized carbons (Fsp3) is 0.579. The van der Waals surface area contributed by atoms with Gasteiger partial charge in [-0.2, -0.15) is 0 Å². The molecule has 1 aliphatic rings. The molecule has 2 amide bonds. The van der Waals surface area contributed by atoms with E-state index >= 15 is 0 Å². The third kappa shape index (κ3) is 6.04. The number of amides is 2. The lowest BCUT2D eigenvalue weighted by Gasteiger charge is -2.28. The molecule has 2 aromatic rings. The zero-order valence-electron chi connectivity index (χ0n) is 18.2. The van der Waals surface area contributed by atoms with Crippen LogP contribution >= 0.6 is 8.38 Å². The van der Waals surface area contributed by atoms with Crippen molar-refractivity contribution in [3.63, 3.8) is 0 Å². The molecule has 1 atom stereocenters. The number of hydrogen-bond donors (Lipinski definition) is 0. The molecule has 0 spiro atoms. The summed E-state index contributed by atoms with van der Waals surface area (Å²) in [5.74, 6) is -0.600. The molecule has 1 aliphatic heterocycles. The Labute approximate surface area is 186 Å². The molecule has 12 nitrogen and oxygen atoms in total. The molecule has 32 heavy (non-hydrogen) atoms. The molecular formula is C19H26N5O7P. The maximum Gasteiger partial charge on any atom is 0.306 e. The van der Waals surface area contributed by atoms with Gasteiger partial charge in [0.05, 0.1) is 45.2 Å². The normalized spacial score (nSPS) is 19.5. The van der Waals surface area contributed by atoms with Crippen LogP contribution in [0.5, 0.6) is 0 Å². The highest BCUT2D eigenvalue weighted by Crippen LogP contribution is 2.43. The van der Waals surface area contributed by atoms with E-state index in [1.54, 1.807) is 17.8 Å². The minimum atomic E-state index is -1.19. The highest BCUT2D eigenvalue weighted by molar-refractivity contribution is 7.47. The van der Waals surface area contributed by atoms with Gasteiger partial charge >= 0.3 is 5.97 Å². The molecule has 0 aromatic carbocycles. The molecule has 13 heteroatoms. The van der Waals surface area contributed by atoms with Crippen molar-refractivity contribution in [3.05, 3.63) is 12.7 Å². The lowest BCUT2D eigenvalue weighted by Crippen LogP contribution is -2.27. The Balaban J connectivity index is 1.52. The maximum atomic E-state index is 11.7. The third-order valence-corrected chi connectivity index (χ3v) is 5.88. The average molecular weight is 467 g/mol. The average Bonchev–Trinajstić information content (AvgIpc) is 3.17. The van der Waals surface area contributed by atoms with E-state index < -0.39 is 14.3 Å². The number of nitrogens with zero attached hydrogens (tertiary/aromatic N) is 5. The second-order valence-electron chi connectivity index (χ2n) is 7.17. The minimum absolute atomic E-state index is 0.0163. The zero-order chi connectivity index (χ0) is 23.1. The first-order valence-electron chi connectivity index (χ1n) is 10.1. The van der Waals surface area contributed by atoms with Crippen LogP contribution in [-0.2, 0) is 39.4 Å². The summed E-state index contributed by atoms with van der Waals surface area (Å²) < 4.78 is 24.0. The molecule has 174 valence electrons. The predicted octanol–water partition coefficient (Wildman–Crippen LogP) is 1.63. The zero-order valence-corrected chi connectivity index (χ0v) is 19.1. The van der Waals surface area contributed by atoms with Crippen LogP contribution in [0.25, 0.3) is 11.2 Å². The van der Waals surface area contributed by atoms with Gasteiger partial charge in [-0.15, -0.1) is 0 Å². The summed E-state index contributed by atoms with van der Waals surface area (Å²) in [4.78, 5) is 47.9. The van der Waals surface area contributed by atoms with Gasteiger partial charge in [0.2, 0.25) is 12.3 Å². The topological polar surface area (TPSA) is 135 Å². The maximum absolute atomic E-state index is 11.7. The lowest BCUT2D eigenvalue weighted by molar-refractivity contribution is -0.145. The highest BCUT2D eigenvalue weighted by atomic mass is 31.2. The van der Waals surface area contributed by atoms with E-state index in [9.17, 15) is 14.4 Å². The Morgan fingerprint density at radius 1 is 1.34 bits per heavy atom. The van der Waals surface area contributed by atoms with Crippen molar-refractivity contribution < 1.29 is 32.9 Å². The van der Waals surface area contributed by atoms with Gasteiger partial charge < -0.3 is 23.1 Å². The van der Waals surface area contributed by atoms with Crippen LogP contribution in [-0.4, -0.2) is 70.1 Å². The van der Waals surface area contributed by atoms with Crippen LogP contribution in [0.15, 0.2) is 12.7 Å². The van der Waals surface area contributed by atoms with Crippen molar-refractivity contribution in [2.45, 2.75) is 39.8 Å². The number of anilines is 1. The van der Waals surface area contributed by atoms with Crippen LogP contribution in [0.4, 0.5) is 5.82 Å². The van der Waals surface area contributed by atoms with Crippen molar-refractivity contribution in [3.8, 4) is 0 Å². The second-order valence-corrected chi connectivity index (χ2v) is 8.61. The van der Waals surface area contributed by atoms with E-state index in [0.29, 0.717) is 50.3 Å². The Kier molecular flexibility index (Phi) is 8.57. The van der Waals surface area contributed by atoms with Gasteiger partial charge in [-0.25, -0.2) is 19.9 Å². The van der Waals surface area contributed by atoms with Crippen LogP contribution in [0.1, 0.15) is 27.2 Å². The van der Waals surface area contributed by atoms with Crippen LogP contribution in [0.3, 0.4) is 0 Å². The van der Waals surface area contributed by atoms with E-state index in [1.165, 1.54) is 13.3 Å². The molecule has 0 radical (unpaired) electrons. The van der Waals surface area contributed by atoms with Crippen molar-refractivity contribution in [1.82, 2.24) is 19.5 Å². The van der Waals surface area contributed by atoms with Crippen LogP contribution < -0.4 is 4.90 Å². The number of carbonyl (C=O) groups excluding carboxylic acids is 3. The number of imidazole rings is 1. The SMILES string of the molecule is CCOC(=O)CC1COP(CO[C@H](C)Cn2cnc3c(N(C=O)C(C)=O)ncnc32)OC1. The summed E-state index contributed by atoms with van der Waals surface area (Å²) in [6.07, 6.45) is 3.59. The van der Waals surface area contributed by atoms with Gasteiger partial charge in [0, 0.05) is 12.8 Å². The van der Waals surface area contributed by atoms with E-state index in [0.717, 1.165) is 4.90 Å². The number of imide groups is 1. The monoisotopic (exact) mass is 467 g/mol. The highest BCUT2D eigenvalue weighted by Gasteiger charge is 2.26. The number of carbonyl (C=O) groups is 3. The lowest BCUT2D eigenvalue weighted by atomic mass is 10.1. The van der Waals surface area contributed by atoms with E-state index in [2.05, 4.69) is 15.0 Å². The molecule has 3 heterocycles. The first-order valence-corrected chi connectivity index (χ1v) is 11.5. The van der Waals surface area contributed by atoms with Crippen molar-refractivity contribution in [2.75, 3.05) is 31.1 Å². The number of fused-ring (bicyclic) bond motifs is 1. The van der Waals surface area contributed by atoms with Crippen molar-refractivity contribution in [1.29, 1.82) is 0 Å². The Bertz CT molecular complexity index is 947. The molecule has 3 rings (SSSR count). The van der Waals surface area contributed by atoms with Gasteiger partial charge in [0.25, 0.3) is 0 Å². The fourth-order valence-corrected chi connectivity index (χ4v) is 4.43. The number of rotatable bonds is 10. The smallest absolute Gasteiger partial charge is 0.306 e. The van der Waals surface area contributed by atoms with E-state index in [4.69, 9.17) is 18.5 Å². The number of aromatic nitrogens is 4. The molecule has 1 fully saturated rings. The van der Waals surface area contributed by atoms with Gasteiger partial charge in [0.15, 0.2) is 25.4 Å². The van der Waals surface area contributed by atoms with E-state index in [-0.39, 0.29) is 30.2 Å². The quantitative estimate of drug-likeness (QED) is 0.288. The molecule has 0 aliphatic carbocycles.